The van der Waals surface area contributed by atoms with Crippen LogP contribution in [-0.4, -0.2) is 11.4 Å². The Hall–Kier alpha value is -1.77. The molecule has 0 aliphatic heterocycles. The summed E-state index contributed by atoms with van der Waals surface area (Å²) >= 11 is 0. The maximum atomic E-state index is 11.9. The Kier molecular flexibility index (Phi) is 3.16. The number of aryl methyl sites for hydroxylation is 1. The number of furan rings is 1. The molecule has 1 aromatic heterocycles. The van der Waals surface area contributed by atoms with Crippen molar-refractivity contribution in [2.45, 2.75) is 39.7 Å². The van der Waals surface area contributed by atoms with Gasteiger partial charge >= 0.3 is 0 Å². The van der Waals surface area contributed by atoms with E-state index in [4.69, 9.17) is 4.42 Å². The van der Waals surface area contributed by atoms with Crippen LogP contribution in [0.15, 0.2) is 28.7 Å². The molecule has 18 heavy (non-hydrogen) atoms. The second-order valence-electron chi connectivity index (χ2n) is 5.62. The average molecular weight is 245 g/mol. The molecule has 0 aliphatic rings. The summed E-state index contributed by atoms with van der Waals surface area (Å²) in [5.41, 5.74) is 1.68. The van der Waals surface area contributed by atoms with E-state index in [2.05, 4.69) is 5.32 Å². The maximum Gasteiger partial charge on any atom is 0.228 e. The number of para-hydroxylation sites is 1. The molecule has 1 amide bonds. The molecule has 0 unspecified atom stereocenters. The molecule has 2 rings (SSSR count). The monoisotopic (exact) mass is 245 g/mol. The summed E-state index contributed by atoms with van der Waals surface area (Å²) in [4.78, 5) is 11.9. The Bertz CT molecular complexity index is 576. The molecule has 0 spiro atoms. The highest BCUT2D eigenvalue weighted by atomic mass is 16.3. The van der Waals surface area contributed by atoms with Gasteiger partial charge in [0.2, 0.25) is 5.91 Å². The van der Waals surface area contributed by atoms with Crippen molar-refractivity contribution in [2.75, 3.05) is 0 Å². The van der Waals surface area contributed by atoms with Crippen LogP contribution in [0.5, 0.6) is 0 Å². The van der Waals surface area contributed by atoms with Crippen molar-refractivity contribution in [1.29, 1.82) is 0 Å². The van der Waals surface area contributed by atoms with Crippen LogP contribution >= 0.6 is 0 Å². The fraction of sp³-hybridized carbons (Fsp3) is 0.400. The third kappa shape index (κ3) is 2.73. The van der Waals surface area contributed by atoms with Crippen LogP contribution in [0.1, 0.15) is 32.1 Å². The van der Waals surface area contributed by atoms with Crippen molar-refractivity contribution in [3.63, 3.8) is 0 Å². The van der Waals surface area contributed by atoms with Gasteiger partial charge in [-0.1, -0.05) is 18.2 Å². The van der Waals surface area contributed by atoms with Crippen LogP contribution in [-0.2, 0) is 11.2 Å². The fourth-order valence-corrected chi connectivity index (χ4v) is 2.00. The molecule has 1 aromatic carbocycles. The molecule has 0 bridgehead atoms. The average Bonchev–Trinajstić information content (AvgIpc) is 2.54. The molecule has 0 saturated carbocycles. The molecule has 0 atom stereocenters. The molecule has 0 radical (unpaired) electrons. The minimum atomic E-state index is -0.211. The number of amides is 1. The van der Waals surface area contributed by atoms with Gasteiger partial charge in [-0.3, -0.25) is 4.79 Å². The van der Waals surface area contributed by atoms with E-state index in [1.807, 2.05) is 52.0 Å². The first kappa shape index (κ1) is 12.7. The number of hydrogen-bond acceptors (Lipinski definition) is 2. The van der Waals surface area contributed by atoms with E-state index in [1.165, 1.54) is 0 Å². The lowest BCUT2D eigenvalue weighted by Crippen LogP contribution is -2.41. The highest BCUT2D eigenvalue weighted by molar-refractivity contribution is 5.85. The third-order valence-corrected chi connectivity index (χ3v) is 2.78. The Balaban J connectivity index is 2.22. The second kappa shape index (κ2) is 4.48. The zero-order valence-corrected chi connectivity index (χ0v) is 11.3. The molecule has 2 aromatic rings. The smallest absolute Gasteiger partial charge is 0.228 e. The molecule has 1 heterocycles. The summed E-state index contributed by atoms with van der Waals surface area (Å²) in [5, 5.41) is 4.02. The van der Waals surface area contributed by atoms with Crippen LogP contribution in [0.3, 0.4) is 0 Å². The molecule has 96 valence electrons. The molecular formula is C15H19NO2. The maximum absolute atomic E-state index is 11.9. The predicted molar refractivity (Wildman–Crippen MR) is 72.6 cm³/mol. The van der Waals surface area contributed by atoms with Crippen LogP contribution < -0.4 is 5.32 Å². The molecule has 3 nitrogen and oxygen atoms in total. The summed E-state index contributed by atoms with van der Waals surface area (Å²) in [6.45, 7) is 7.90. The van der Waals surface area contributed by atoms with E-state index in [9.17, 15) is 4.79 Å². The van der Waals surface area contributed by atoms with E-state index in [0.717, 1.165) is 22.3 Å². The van der Waals surface area contributed by atoms with Crippen molar-refractivity contribution in [1.82, 2.24) is 5.32 Å². The van der Waals surface area contributed by atoms with Gasteiger partial charge in [-0.25, -0.2) is 0 Å². The van der Waals surface area contributed by atoms with E-state index in [0.29, 0.717) is 0 Å². The lowest BCUT2D eigenvalue weighted by Gasteiger charge is -2.20. The summed E-state index contributed by atoms with van der Waals surface area (Å²) in [5.74, 6) is 0.739. The Morgan fingerprint density at radius 3 is 2.56 bits per heavy atom. The molecular weight excluding hydrogens is 226 g/mol. The van der Waals surface area contributed by atoms with Gasteiger partial charge < -0.3 is 9.73 Å². The van der Waals surface area contributed by atoms with Gasteiger partial charge in [0.25, 0.3) is 0 Å². The lowest BCUT2D eigenvalue weighted by atomic mass is 10.1. The van der Waals surface area contributed by atoms with Gasteiger partial charge in [0.1, 0.15) is 11.3 Å². The quantitative estimate of drug-likeness (QED) is 0.882. The molecule has 1 N–H and O–H groups in total. The van der Waals surface area contributed by atoms with Crippen LogP contribution in [0.4, 0.5) is 0 Å². The van der Waals surface area contributed by atoms with E-state index in [-0.39, 0.29) is 17.9 Å². The topological polar surface area (TPSA) is 42.2 Å². The third-order valence-electron chi connectivity index (χ3n) is 2.78. The van der Waals surface area contributed by atoms with Crippen molar-refractivity contribution < 1.29 is 9.21 Å². The molecule has 0 saturated heterocycles. The molecule has 3 heteroatoms. The van der Waals surface area contributed by atoms with Gasteiger partial charge in [-0.05, 0) is 39.3 Å². The predicted octanol–water partition coefficient (Wildman–Crippen LogP) is 3.20. The Morgan fingerprint density at radius 2 is 1.94 bits per heavy atom. The summed E-state index contributed by atoms with van der Waals surface area (Å²) in [7, 11) is 0. The van der Waals surface area contributed by atoms with E-state index in [1.54, 1.807) is 0 Å². The van der Waals surface area contributed by atoms with Gasteiger partial charge in [-0.15, -0.1) is 0 Å². The highest BCUT2D eigenvalue weighted by Crippen LogP contribution is 2.25. The number of nitrogens with one attached hydrogen (secondary N) is 1. The minimum Gasteiger partial charge on any atom is -0.460 e. The van der Waals surface area contributed by atoms with Gasteiger partial charge in [0.05, 0.1) is 6.42 Å². The standard InChI is InChI=1S/C15H19NO2/c1-10-11-7-5-6-8-12(11)18-13(10)9-14(17)16-15(2,3)4/h5-8H,9H2,1-4H3,(H,16,17). The zero-order valence-electron chi connectivity index (χ0n) is 11.3. The van der Waals surface area contributed by atoms with Crippen LogP contribution in [0.25, 0.3) is 11.0 Å². The SMILES string of the molecule is Cc1c(CC(=O)NC(C)(C)C)oc2ccccc12. The number of carbonyl (C=O) groups excluding carboxylic acids is 1. The van der Waals surface area contributed by atoms with Crippen LogP contribution in [0, 0.1) is 6.92 Å². The largest absolute Gasteiger partial charge is 0.460 e. The normalized spacial score (nSPS) is 11.8. The minimum absolute atomic E-state index is 0.00958. The van der Waals surface area contributed by atoms with Gasteiger partial charge in [-0.2, -0.15) is 0 Å². The first-order chi connectivity index (χ1) is 8.37. The van der Waals surface area contributed by atoms with E-state index < -0.39 is 0 Å². The first-order valence-corrected chi connectivity index (χ1v) is 6.15. The zero-order chi connectivity index (χ0) is 13.3. The van der Waals surface area contributed by atoms with Crippen molar-refractivity contribution in [3.8, 4) is 0 Å². The first-order valence-electron chi connectivity index (χ1n) is 6.15. The Labute approximate surface area is 107 Å². The number of rotatable bonds is 2. The number of hydrogen-bond donors (Lipinski definition) is 1. The van der Waals surface area contributed by atoms with E-state index >= 15 is 0 Å². The number of fused-ring (bicyclic) bond motifs is 1. The fourth-order valence-electron chi connectivity index (χ4n) is 2.00. The highest BCUT2D eigenvalue weighted by Gasteiger charge is 2.17. The summed E-state index contributed by atoms with van der Waals surface area (Å²) in [6.07, 6.45) is 0.289. The van der Waals surface area contributed by atoms with Crippen LogP contribution in [0.2, 0.25) is 0 Å². The lowest BCUT2D eigenvalue weighted by molar-refractivity contribution is -0.122. The van der Waals surface area contributed by atoms with Crippen molar-refractivity contribution >= 4 is 16.9 Å². The number of benzene rings is 1. The van der Waals surface area contributed by atoms with Crippen molar-refractivity contribution in [3.05, 3.63) is 35.6 Å². The van der Waals surface area contributed by atoms with Crippen molar-refractivity contribution in [2.24, 2.45) is 0 Å². The second-order valence-corrected chi connectivity index (χ2v) is 5.62. The molecule has 0 aliphatic carbocycles. The number of carbonyl (C=O) groups is 1. The summed E-state index contributed by atoms with van der Waals surface area (Å²) < 4.78 is 5.72. The molecule has 0 fully saturated rings. The summed E-state index contributed by atoms with van der Waals surface area (Å²) in [6, 6.07) is 7.85. The van der Waals surface area contributed by atoms with Gasteiger partial charge in [0, 0.05) is 10.9 Å². The Morgan fingerprint density at radius 1 is 1.28 bits per heavy atom. The van der Waals surface area contributed by atoms with Gasteiger partial charge in [0.15, 0.2) is 0 Å².